The first-order valence-corrected chi connectivity index (χ1v) is 26.2. The van der Waals surface area contributed by atoms with Crippen molar-refractivity contribution in [3.8, 4) is 0 Å². The zero-order chi connectivity index (χ0) is 46.1. The minimum atomic E-state index is -2.94. The van der Waals surface area contributed by atoms with E-state index in [-0.39, 0.29) is 72.8 Å². The fraction of sp³-hybridized carbons (Fsp3) is 0.683. The quantitative estimate of drug-likeness (QED) is 0.0213. The van der Waals surface area contributed by atoms with Gasteiger partial charge in [-0.05, 0) is 39.0 Å². The molecule has 64 heavy (non-hydrogen) atoms. The van der Waals surface area contributed by atoms with E-state index in [0.29, 0.717) is 47.0 Å². The van der Waals surface area contributed by atoms with Crippen LogP contribution in [0.3, 0.4) is 0 Å². The molecular formula is C41H61N4O15S4+. The highest BCUT2D eigenvalue weighted by molar-refractivity contribution is 8.78. The normalized spacial score (nSPS) is 37.1. The molecular weight excluding hydrogens is 917 g/mol. The first kappa shape index (κ1) is 51.1. The minimum Gasteiger partial charge on any atom is -0.477 e. The molecule has 1 unspecified atom stereocenters. The van der Waals surface area contributed by atoms with Crippen LogP contribution in [0.2, 0.25) is 0 Å². The number of aliphatic imine (C=N–C) groups is 1. The molecule has 0 amide bonds. The van der Waals surface area contributed by atoms with Crippen LogP contribution in [0.15, 0.2) is 64.2 Å². The summed E-state index contributed by atoms with van der Waals surface area (Å²) in [4.78, 5) is 32.6. The lowest BCUT2D eigenvalue weighted by Crippen LogP contribution is -3.14. The van der Waals surface area contributed by atoms with E-state index in [1.807, 2.05) is 6.08 Å². The topological polar surface area (TPSA) is 297 Å². The van der Waals surface area contributed by atoms with Crippen LogP contribution in [0.25, 0.3) is 0 Å². The highest BCUT2D eigenvalue weighted by atomic mass is 33.1. The van der Waals surface area contributed by atoms with Gasteiger partial charge in [-0.1, -0.05) is 67.5 Å². The Morgan fingerprint density at radius 3 is 2.58 bits per heavy atom. The summed E-state index contributed by atoms with van der Waals surface area (Å²) in [6.07, 6.45) is 2.05. The van der Waals surface area contributed by atoms with Gasteiger partial charge >= 0.3 is 11.9 Å². The Bertz CT molecular complexity index is 1820. The monoisotopic (exact) mass is 977 g/mol. The van der Waals surface area contributed by atoms with Crippen molar-refractivity contribution in [2.45, 2.75) is 93.3 Å². The van der Waals surface area contributed by atoms with Crippen molar-refractivity contribution in [3.05, 3.63) is 59.2 Å². The van der Waals surface area contributed by atoms with Crippen LogP contribution in [0.1, 0.15) is 33.1 Å². The number of guanidine groups is 1. The molecule has 1 aliphatic carbocycles. The molecule has 0 aromatic rings. The second kappa shape index (κ2) is 23.6. The van der Waals surface area contributed by atoms with E-state index < -0.39 is 85.3 Å². The minimum absolute atomic E-state index is 0.0850. The number of esters is 1. The van der Waals surface area contributed by atoms with Gasteiger partial charge in [0.05, 0.1) is 48.0 Å². The molecule has 0 spiro atoms. The van der Waals surface area contributed by atoms with Crippen LogP contribution >= 0.6 is 43.2 Å². The third-order valence-electron chi connectivity index (χ3n) is 12.0. The number of nitrogens with two attached hydrogens (primary N) is 1. The number of carbonyl (C=O) groups excluding carboxylic acids is 1. The molecule has 13 atom stereocenters. The molecule has 12 N–H and O–H groups in total. The smallest absolute Gasteiger partial charge is 0.343 e. The van der Waals surface area contributed by atoms with Crippen molar-refractivity contribution in [2.24, 2.45) is 34.4 Å². The molecule has 5 aliphatic heterocycles. The highest BCUT2D eigenvalue weighted by Gasteiger charge is 2.58. The number of nitrogens with one attached hydrogen (secondary N) is 2. The summed E-state index contributed by atoms with van der Waals surface area (Å²) in [5, 5.41) is 87.5. The Hall–Kier alpha value is -2.33. The number of carboxylic acids is 1. The predicted octanol–water partition coefficient (Wildman–Crippen LogP) is -1.00. The largest absolute Gasteiger partial charge is 0.477 e. The number of carbonyl (C=O) groups is 2. The summed E-state index contributed by atoms with van der Waals surface area (Å²) in [6, 6.07) is -0.480. The van der Waals surface area contributed by atoms with Gasteiger partial charge in [0.2, 0.25) is 12.1 Å². The molecule has 5 heterocycles. The average Bonchev–Trinajstić information content (AvgIpc) is 3.64. The standard InChI is InChI=1S/C41H60N4O15S4/c1-21(2)57-35-39(59-31(17-49)34(50)41(35,54)55)60-38-25-5-3-12-61-62-20-32-29(16-48)45-13-22(33(26(14-45)36(51)52)44-40(42)43-10-4-11-46)6-8-24(25)27(18-56-38)37(53)58-30-9-7-23(15-47)28(30)19-63-64-32/h3,5-6,8,14,18,21,23-25,28-32,34-35,38-39,46-50,54-55H,4,7,9-13,15-17,19-20H2,1-2H3,(H,51,52)(H3,42,43,44)/p+1/b5-3+,8-6+/t23-,24-,25+,28+,29-,30+,31+,32-,34+,35-,38-,39-/m0/s1. The summed E-state index contributed by atoms with van der Waals surface area (Å²) in [6.45, 7) is 2.33. The number of fused-ring (bicyclic) bond motifs is 2. The molecule has 4 bridgehead atoms. The van der Waals surface area contributed by atoms with E-state index in [1.54, 1.807) is 81.5 Å². The van der Waals surface area contributed by atoms with Gasteiger partial charge < -0.3 is 75.6 Å². The second-order valence-electron chi connectivity index (χ2n) is 16.6. The van der Waals surface area contributed by atoms with Gasteiger partial charge in [0, 0.05) is 54.4 Å². The van der Waals surface area contributed by atoms with Crippen molar-refractivity contribution < 1.29 is 79.0 Å². The molecule has 358 valence electrons. The number of carboxylic acid groups (broad SMARTS) is 1. The number of allylic oxidation sites excluding steroid dienone is 1. The van der Waals surface area contributed by atoms with Gasteiger partial charge in [-0.2, -0.15) is 0 Å². The van der Waals surface area contributed by atoms with E-state index in [2.05, 4.69) is 10.3 Å². The van der Waals surface area contributed by atoms with Gasteiger partial charge in [0.25, 0.3) is 0 Å². The number of quaternary nitrogens is 1. The molecule has 6 rings (SSSR count). The molecule has 2 fully saturated rings. The number of aliphatic carboxylic acids is 1. The Balaban J connectivity index is 1.52. The SMILES string of the molecule is CC(C)O[C@H]1[C@H](O[C@@H]2OC=C3C(=O)O[C@@H]4CC[C@@H](CO)[C@H]4CSS[C@H]4CSSC/C=C/[C@@H]2[C@@H]3/C=C/C2=C(NC(N)=NCCCO)C(C(=O)O)=C[NH+](C2)[C@H]4CO)O[C@H](CO)[C@@H](O)C1(O)O. The van der Waals surface area contributed by atoms with E-state index in [9.17, 15) is 50.4 Å². The molecule has 6 aliphatic rings. The molecule has 1 saturated heterocycles. The number of nitrogens with zero attached hydrogens (tertiary/aromatic N) is 1. The third-order valence-corrected chi connectivity index (χ3v) is 17.5. The van der Waals surface area contributed by atoms with Crippen molar-refractivity contribution in [3.63, 3.8) is 0 Å². The molecule has 1 saturated carbocycles. The van der Waals surface area contributed by atoms with Gasteiger partial charge in [0.15, 0.2) is 18.4 Å². The summed E-state index contributed by atoms with van der Waals surface area (Å²) < 4.78 is 30.7. The molecule has 0 aromatic carbocycles. The Labute approximate surface area is 387 Å². The van der Waals surface area contributed by atoms with Crippen LogP contribution in [0, 0.1) is 23.7 Å². The Morgan fingerprint density at radius 2 is 1.88 bits per heavy atom. The average molecular weight is 978 g/mol. The van der Waals surface area contributed by atoms with Crippen LogP contribution in [-0.2, 0) is 33.3 Å². The number of rotatable bonds is 12. The third kappa shape index (κ3) is 12.0. The lowest BCUT2D eigenvalue weighted by Gasteiger charge is -2.48. The van der Waals surface area contributed by atoms with Crippen molar-refractivity contribution in [1.82, 2.24) is 5.32 Å². The Kier molecular flexibility index (Phi) is 18.8. The molecule has 19 nitrogen and oxygen atoms in total. The maximum atomic E-state index is 14.6. The molecule has 0 radical (unpaired) electrons. The van der Waals surface area contributed by atoms with E-state index in [4.69, 9.17) is 29.4 Å². The van der Waals surface area contributed by atoms with Crippen molar-refractivity contribution in [2.75, 3.05) is 56.8 Å². The highest BCUT2D eigenvalue weighted by Crippen LogP contribution is 2.44. The molecule has 23 heteroatoms. The maximum absolute atomic E-state index is 14.6. The zero-order valence-corrected chi connectivity index (χ0v) is 38.8. The van der Waals surface area contributed by atoms with Gasteiger partial charge in [-0.15, -0.1) is 0 Å². The van der Waals surface area contributed by atoms with Crippen molar-refractivity contribution in [1.29, 1.82) is 0 Å². The predicted molar refractivity (Wildman–Crippen MR) is 241 cm³/mol. The maximum Gasteiger partial charge on any atom is 0.343 e. The number of hydrogen-bond acceptors (Lipinski definition) is 19. The number of hydrogen-bond donors (Lipinski definition) is 11. The van der Waals surface area contributed by atoms with Crippen LogP contribution < -0.4 is 16.0 Å². The first-order chi connectivity index (χ1) is 30.7. The lowest BCUT2D eigenvalue weighted by molar-refractivity contribution is -0.870. The summed E-state index contributed by atoms with van der Waals surface area (Å²) in [7, 11) is 6.28. The first-order valence-electron chi connectivity index (χ1n) is 21.3. The van der Waals surface area contributed by atoms with Gasteiger partial charge in [-0.25, -0.2) is 9.59 Å². The van der Waals surface area contributed by atoms with Crippen LogP contribution in [0.5, 0.6) is 0 Å². The van der Waals surface area contributed by atoms with E-state index >= 15 is 0 Å². The van der Waals surface area contributed by atoms with Gasteiger partial charge in [-0.3, -0.25) is 9.89 Å². The van der Waals surface area contributed by atoms with Crippen molar-refractivity contribution >= 4 is 61.1 Å². The fourth-order valence-electron chi connectivity index (χ4n) is 8.61. The second-order valence-corrected chi connectivity index (χ2v) is 21.8. The number of ether oxygens (including phenoxy) is 5. The number of aliphatic hydroxyl groups is 7. The Morgan fingerprint density at radius 1 is 1.08 bits per heavy atom. The van der Waals surface area contributed by atoms with Gasteiger partial charge in [0.1, 0.15) is 42.7 Å². The zero-order valence-electron chi connectivity index (χ0n) is 35.5. The lowest BCUT2D eigenvalue weighted by atomic mass is 9.82. The van der Waals surface area contributed by atoms with Crippen LogP contribution in [0.4, 0.5) is 0 Å². The summed E-state index contributed by atoms with van der Waals surface area (Å²) in [5.41, 5.74) is 6.82. The molecule has 0 aromatic heterocycles. The summed E-state index contributed by atoms with van der Waals surface area (Å²) >= 11 is 0. The fourth-order valence-corrected chi connectivity index (χ4v) is 14.7. The van der Waals surface area contributed by atoms with E-state index in [1.165, 1.54) is 6.26 Å². The number of aliphatic hydroxyl groups excluding tert-OH is 5. The van der Waals surface area contributed by atoms with E-state index in [0.717, 1.165) is 0 Å². The van der Waals surface area contributed by atoms with Crippen LogP contribution in [-0.4, -0.2) is 176 Å². The summed E-state index contributed by atoms with van der Waals surface area (Å²) in [5.74, 6) is -5.55.